The molecule has 3 nitrogen and oxygen atoms in total. The second kappa shape index (κ2) is 4.82. The third-order valence-electron chi connectivity index (χ3n) is 2.24. The predicted octanol–water partition coefficient (Wildman–Crippen LogP) is 2.24. The smallest absolute Gasteiger partial charge is 0.346 e. The van der Waals surface area contributed by atoms with Gasteiger partial charge < -0.3 is 9.47 Å². The third-order valence-corrected chi connectivity index (χ3v) is 2.24. The Morgan fingerprint density at radius 2 is 1.80 bits per heavy atom. The molecule has 1 atom stereocenters. The summed E-state index contributed by atoms with van der Waals surface area (Å²) >= 11 is 0. The molecule has 0 amide bonds. The molecule has 0 aliphatic rings. The van der Waals surface area contributed by atoms with E-state index in [1.54, 1.807) is 6.92 Å². The van der Waals surface area contributed by atoms with Gasteiger partial charge >= 0.3 is 5.97 Å². The van der Waals surface area contributed by atoms with Crippen LogP contribution < -0.4 is 4.74 Å². The summed E-state index contributed by atoms with van der Waals surface area (Å²) in [4.78, 5) is 11.2. The lowest BCUT2D eigenvalue weighted by Gasteiger charge is -2.16. The molecule has 0 aromatic heterocycles. The molecule has 1 rings (SSSR count). The number of aryl methyl sites for hydroxylation is 2. The van der Waals surface area contributed by atoms with Gasteiger partial charge in [-0.15, -0.1) is 0 Å². The Kier molecular flexibility index (Phi) is 3.72. The van der Waals surface area contributed by atoms with Crippen LogP contribution in [0.3, 0.4) is 0 Å². The molecule has 0 radical (unpaired) electrons. The van der Waals surface area contributed by atoms with Crippen molar-refractivity contribution in [2.24, 2.45) is 0 Å². The van der Waals surface area contributed by atoms with Crippen LogP contribution in [-0.4, -0.2) is 19.2 Å². The molecule has 0 saturated heterocycles. The van der Waals surface area contributed by atoms with Crippen LogP contribution in [0.25, 0.3) is 0 Å². The number of carbonyl (C=O) groups is 1. The summed E-state index contributed by atoms with van der Waals surface area (Å²) < 4.78 is 10.2. The quantitative estimate of drug-likeness (QED) is 0.715. The van der Waals surface area contributed by atoms with Gasteiger partial charge in [-0.2, -0.15) is 0 Å². The van der Waals surface area contributed by atoms with Gasteiger partial charge in [0, 0.05) is 0 Å². The molecule has 0 N–H and O–H groups in total. The molecule has 0 aliphatic heterocycles. The first kappa shape index (κ1) is 11.6. The van der Waals surface area contributed by atoms with Crippen LogP contribution in [0.4, 0.5) is 0 Å². The second-order valence-corrected chi connectivity index (χ2v) is 3.50. The van der Waals surface area contributed by atoms with E-state index < -0.39 is 6.10 Å². The Labute approximate surface area is 90.0 Å². The molecule has 82 valence electrons. The van der Waals surface area contributed by atoms with E-state index in [0.29, 0.717) is 0 Å². The summed E-state index contributed by atoms with van der Waals surface area (Å²) in [6, 6.07) is 5.86. The first-order valence-corrected chi connectivity index (χ1v) is 4.87. The fraction of sp³-hybridized carbons (Fsp3) is 0.417. The van der Waals surface area contributed by atoms with E-state index in [-0.39, 0.29) is 5.97 Å². The number of esters is 1. The zero-order valence-electron chi connectivity index (χ0n) is 9.53. The minimum Gasteiger partial charge on any atom is -0.478 e. The maximum Gasteiger partial charge on any atom is 0.346 e. The van der Waals surface area contributed by atoms with Crippen LogP contribution in [0.2, 0.25) is 0 Å². The normalized spacial score (nSPS) is 12.0. The Morgan fingerprint density at radius 3 is 2.27 bits per heavy atom. The lowest BCUT2D eigenvalue weighted by atomic mass is 10.1. The van der Waals surface area contributed by atoms with Crippen molar-refractivity contribution in [3.05, 3.63) is 29.3 Å². The average Bonchev–Trinajstić information content (AvgIpc) is 2.22. The molecule has 0 unspecified atom stereocenters. The van der Waals surface area contributed by atoms with Crippen LogP contribution in [-0.2, 0) is 9.53 Å². The van der Waals surface area contributed by atoms with E-state index in [1.807, 2.05) is 32.0 Å². The number of para-hydroxylation sites is 1. The SMILES string of the molecule is COC(=O)[C@H](C)Oc1c(C)cccc1C. The van der Waals surface area contributed by atoms with Crippen molar-refractivity contribution < 1.29 is 14.3 Å². The molecule has 3 heteroatoms. The lowest BCUT2D eigenvalue weighted by molar-refractivity contribution is -0.147. The second-order valence-electron chi connectivity index (χ2n) is 3.50. The Morgan fingerprint density at radius 1 is 1.27 bits per heavy atom. The third kappa shape index (κ3) is 2.72. The van der Waals surface area contributed by atoms with Gasteiger partial charge in [0.2, 0.25) is 0 Å². The minimum absolute atomic E-state index is 0.363. The topological polar surface area (TPSA) is 35.5 Å². The van der Waals surface area contributed by atoms with Crippen LogP contribution in [0, 0.1) is 13.8 Å². The van der Waals surface area contributed by atoms with Crippen LogP contribution >= 0.6 is 0 Å². The van der Waals surface area contributed by atoms with Crippen molar-refractivity contribution in [2.75, 3.05) is 7.11 Å². The van der Waals surface area contributed by atoms with Gasteiger partial charge in [0.1, 0.15) is 5.75 Å². The van der Waals surface area contributed by atoms with Crippen molar-refractivity contribution in [3.63, 3.8) is 0 Å². The monoisotopic (exact) mass is 208 g/mol. The summed E-state index contributed by atoms with van der Waals surface area (Å²) in [5.74, 6) is 0.396. The van der Waals surface area contributed by atoms with Gasteiger partial charge in [0.25, 0.3) is 0 Å². The first-order valence-electron chi connectivity index (χ1n) is 4.87. The predicted molar refractivity (Wildman–Crippen MR) is 58.0 cm³/mol. The van der Waals surface area contributed by atoms with Crippen LogP contribution in [0.1, 0.15) is 18.1 Å². The van der Waals surface area contributed by atoms with E-state index in [4.69, 9.17) is 4.74 Å². The fourth-order valence-corrected chi connectivity index (χ4v) is 1.38. The number of benzene rings is 1. The number of hydrogen-bond donors (Lipinski definition) is 0. The summed E-state index contributed by atoms with van der Waals surface area (Å²) in [6.07, 6.45) is -0.574. The molecule has 0 spiro atoms. The summed E-state index contributed by atoms with van der Waals surface area (Å²) in [6.45, 7) is 5.58. The van der Waals surface area contributed by atoms with Gasteiger partial charge in [-0.1, -0.05) is 18.2 Å². The first-order chi connectivity index (χ1) is 7.06. The minimum atomic E-state index is -0.574. The fourth-order valence-electron chi connectivity index (χ4n) is 1.38. The number of ether oxygens (including phenoxy) is 2. The molecular weight excluding hydrogens is 192 g/mol. The summed E-state index contributed by atoms with van der Waals surface area (Å²) in [5, 5.41) is 0. The molecule has 1 aromatic carbocycles. The highest BCUT2D eigenvalue weighted by atomic mass is 16.6. The largest absolute Gasteiger partial charge is 0.478 e. The van der Waals surface area contributed by atoms with Crippen molar-refractivity contribution in [2.45, 2.75) is 26.9 Å². The van der Waals surface area contributed by atoms with E-state index in [2.05, 4.69) is 4.74 Å². The number of carbonyl (C=O) groups excluding carboxylic acids is 1. The maximum absolute atomic E-state index is 11.2. The van der Waals surface area contributed by atoms with Gasteiger partial charge in [0.05, 0.1) is 7.11 Å². The van der Waals surface area contributed by atoms with Gasteiger partial charge in [0.15, 0.2) is 6.10 Å². The molecule has 0 fully saturated rings. The van der Waals surface area contributed by atoms with Gasteiger partial charge in [-0.3, -0.25) is 0 Å². The number of methoxy groups -OCH3 is 1. The maximum atomic E-state index is 11.2. The molecule has 0 aliphatic carbocycles. The van der Waals surface area contributed by atoms with Crippen LogP contribution in [0.15, 0.2) is 18.2 Å². The van der Waals surface area contributed by atoms with Crippen LogP contribution in [0.5, 0.6) is 5.75 Å². The number of rotatable bonds is 3. The molecular formula is C12H16O3. The van der Waals surface area contributed by atoms with E-state index in [1.165, 1.54) is 7.11 Å². The highest BCUT2D eigenvalue weighted by Gasteiger charge is 2.16. The lowest BCUT2D eigenvalue weighted by Crippen LogP contribution is -2.25. The summed E-state index contributed by atoms with van der Waals surface area (Å²) in [7, 11) is 1.35. The molecule has 0 heterocycles. The van der Waals surface area contributed by atoms with E-state index in [9.17, 15) is 4.79 Å². The Hall–Kier alpha value is -1.51. The zero-order valence-corrected chi connectivity index (χ0v) is 9.53. The van der Waals surface area contributed by atoms with Crippen molar-refractivity contribution >= 4 is 5.97 Å². The molecule has 0 bridgehead atoms. The standard InChI is InChI=1S/C12H16O3/c1-8-6-5-7-9(2)11(8)15-10(3)12(13)14-4/h5-7,10H,1-4H3/t10-/m0/s1. The molecule has 1 aromatic rings. The zero-order chi connectivity index (χ0) is 11.4. The van der Waals surface area contributed by atoms with Gasteiger partial charge in [-0.05, 0) is 31.9 Å². The Bertz CT molecular complexity index is 338. The van der Waals surface area contributed by atoms with Crippen molar-refractivity contribution in [3.8, 4) is 5.75 Å². The average molecular weight is 208 g/mol. The van der Waals surface area contributed by atoms with Gasteiger partial charge in [-0.25, -0.2) is 4.79 Å². The summed E-state index contributed by atoms with van der Waals surface area (Å²) in [5.41, 5.74) is 2.04. The van der Waals surface area contributed by atoms with E-state index in [0.717, 1.165) is 16.9 Å². The highest BCUT2D eigenvalue weighted by Crippen LogP contribution is 2.23. The highest BCUT2D eigenvalue weighted by molar-refractivity contribution is 5.74. The number of hydrogen-bond acceptors (Lipinski definition) is 3. The van der Waals surface area contributed by atoms with Crippen molar-refractivity contribution in [1.82, 2.24) is 0 Å². The molecule has 15 heavy (non-hydrogen) atoms. The Balaban J connectivity index is 2.85. The van der Waals surface area contributed by atoms with E-state index >= 15 is 0 Å². The van der Waals surface area contributed by atoms with Crippen molar-refractivity contribution in [1.29, 1.82) is 0 Å². The molecule has 0 saturated carbocycles.